The summed E-state index contributed by atoms with van der Waals surface area (Å²) in [5.41, 5.74) is 5.17. The maximum Gasteiger partial charge on any atom is 0.231 e. The Bertz CT molecular complexity index is 1290. The van der Waals surface area contributed by atoms with E-state index in [2.05, 4.69) is 57.6 Å². The van der Waals surface area contributed by atoms with Crippen molar-refractivity contribution < 1.29 is 14.3 Å². The minimum atomic E-state index is -0.462. The molecule has 0 bridgehead atoms. The molecule has 1 saturated heterocycles. The van der Waals surface area contributed by atoms with Crippen LogP contribution in [0.3, 0.4) is 0 Å². The van der Waals surface area contributed by atoms with Crippen LogP contribution in [0.25, 0.3) is 0 Å². The first-order chi connectivity index (χ1) is 18.1. The molecule has 3 aromatic carbocycles. The van der Waals surface area contributed by atoms with E-state index < -0.39 is 5.92 Å². The van der Waals surface area contributed by atoms with Crippen molar-refractivity contribution in [2.75, 3.05) is 49.5 Å². The van der Waals surface area contributed by atoms with Crippen molar-refractivity contribution in [2.24, 2.45) is 0 Å². The van der Waals surface area contributed by atoms with Crippen molar-refractivity contribution in [3.05, 3.63) is 89.5 Å². The average molecular weight is 497 g/mol. The number of ether oxygens (including phenoxy) is 1. The van der Waals surface area contributed by atoms with E-state index in [-0.39, 0.29) is 18.2 Å². The summed E-state index contributed by atoms with van der Waals surface area (Å²) in [4.78, 5) is 32.7. The number of hydrogen-bond donors (Lipinski definition) is 1. The summed E-state index contributed by atoms with van der Waals surface area (Å²) >= 11 is 0. The molecule has 0 saturated carbocycles. The maximum atomic E-state index is 13.7. The Hall–Kier alpha value is -3.84. The number of anilines is 2. The van der Waals surface area contributed by atoms with Gasteiger partial charge >= 0.3 is 0 Å². The van der Waals surface area contributed by atoms with Crippen molar-refractivity contribution in [3.8, 4) is 5.75 Å². The van der Waals surface area contributed by atoms with Gasteiger partial charge in [0.1, 0.15) is 12.4 Å². The fraction of sp³-hybridized carbons (Fsp3) is 0.333. The highest BCUT2D eigenvalue weighted by Crippen LogP contribution is 2.35. The number of carbonyl (C=O) groups is 2. The minimum Gasteiger partial charge on any atom is -0.491 e. The molecule has 1 fully saturated rings. The smallest absolute Gasteiger partial charge is 0.231 e. The van der Waals surface area contributed by atoms with Crippen LogP contribution in [-0.4, -0.2) is 60.9 Å². The zero-order chi connectivity index (χ0) is 25.2. The van der Waals surface area contributed by atoms with E-state index in [1.165, 1.54) is 11.3 Å². The molecule has 3 aliphatic heterocycles. The van der Waals surface area contributed by atoms with Gasteiger partial charge in [0.25, 0.3) is 0 Å². The summed E-state index contributed by atoms with van der Waals surface area (Å²) in [5, 5.41) is 2.89. The van der Waals surface area contributed by atoms with Crippen LogP contribution in [0.4, 0.5) is 11.4 Å². The van der Waals surface area contributed by atoms with Gasteiger partial charge in [-0.1, -0.05) is 42.5 Å². The Kier molecular flexibility index (Phi) is 6.53. The Morgan fingerprint density at radius 3 is 2.54 bits per heavy atom. The highest BCUT2D eigenvalue weighted by Gasteiger charge is 2.34. The molecule has 0 spiro atoms. The second kappa shape index (κ2) is 10.3. The number of rotatable bonds is 4. The Labute approximate surface area is 217 Å². The summed E-state index contributed by atoms with van der Waals surface area (Å²) in [6, 6.07) is 24.6. The Balaban J connectivity index is 1.14. The van der Waals surface area contributed by atoms with Crippen molar-refractivity contribution in [2.45, 2.75) is 25.4 Å². The molecule has 1 atom stereocenters. The van der Waals surface area contributed by atoms with E-state index in [1.54, 1.807) is 0 Å². The Morgan fingerprint density at radius 1 is 0.919 bits per heavy atom. The lowest BCUT2D eigenvalue weighted by Crippen LogP contribution is -2.45. The monoisotopic (exact) mass is 496 g/mol. The van der Waals surface area contributed by atoms with Gasteiger partial charge in [0, 0.05) is 62.6 Å². The van der Waals surface area contributed by atoms with E-state index in [4.69, 9.17) is 4.74 Å². The summed E-state index contributed by atoms with van der Waals surface area (Å²) in [7, 11) is 0. The molecule has 6 rings (SSSR count). The van der Waals surface area contributed by atoms with Gasteiger partial charge in [0.05, 0.1) is 12.5 Å². The van der Waals surface area contributed by atoms with Gasteiger partial charge in [-0.25, -0.2) is 0 Å². The summed E-state index contributed by atoms with van der Waals surface area (Å²) in [5.74, 6) is 0.254. The first-order valence-electron chi connectivity index (χ1n) is 13.1. The molecule has 2 amide bonds. The van der Waals surface area contributed by atoms with Crippen LogP contribution in [0.2, 0.25) is 0 Å². The lowest BCUT2D eigenvalue weighted by atomic mass is 9.89. The number of amides is 2. The topological polar surface area (TPSA) is 65.1 Å². The van der Waals surface area contributed by atoms with E-state index in [0.717, 1.165) is 55.3 Å². The van der Waals surface area contributed by atoms with Crippen LogP contribution < -0.4 is 15.0 Å². The molecular formula is C30H32N4O3. The van der Waals surface area contributed by atoms with Crippen molar-refractivity contribution in [3.63, 3.8) is 0 Å². The fourth-order valence-electron chi connectivity index (χ4n) is 5.65. The van der Waals surface area contributed by atoms with Crippen LogP contribution in [0, 0.1) is 0 Å². The molecule has 3 heterocycles. The summed E-state index contributed by atoms with van der Waals surface area (Å²) < 4.78 is 6.02. The van der Waals surface area contributed by atoms with E-state index >= 15 is 0 Å². The average Bonchev–Trinajstić information content (AvgIpc) is 3.15. The van der Waals surface area contributed by atoms with Crippen molar-refractivity contribution in [1.82, 2.24) is 9.80 Å². The quantitative estimate of drug-likeness (QED) is 0.594. The molecule has 3 aliphatic rings. The third-order valence-electron chi connectivity index (χ3n) is 7.61. The second-order valence-corrected chi connectivity index (χ2v) is 10.0. The van der Waals surface area contributed by atoms with Crippen molar-refractivity contribution in [1.29, 1.82) is 0 Å². The SMILES string of the molecule is O=C1C[C@@H](C(=O)N2CCOc3ccc(CN4CCN(c5ccccc5)CC4)cc3C2)c2ccccc2N1. The molecular weight excluding hydrogens is 464 g/mol. The largest absolute Gasteiger partial charge is 0.491 e. The molecule has 190 valence electrons. The van der Waals surface area contributed by atoms with Gasteiger partial charge in [0.2, 0.25) is 11.8 Å². The van der Waals surface area contributed by atoms with Gasteiger partial charge in [-0.15, -0.1) is 0 Å². The molecule has 0 unspecified atom stereocenters. The zero-order valence-corrected chi connectivity index (χ0v) is 20.9. The van der Waals surface area contributed by atoms with Crippen LogP contribution in [0.1, 0.15) is 29.0 Å². The van der Waals surface area contributed by atoms with E-state index in [9.17, 15) is 9.59 Å². The van der Waals surface area contributed by atoms with Crippen LogP contribution in [0.5, 0.6) is 5.75 Å². The summed E-state index contributed by atoms with van der Waals surface area (Å²) in [6.07, 6.45) is 0.176. The lowest BCUT2D eigenvalue weighted by molar-refractivity contribution is -0.135. The number of nitrogens with one attached hydrogen (secondary N) is 1. The van der Waals surface area contributed by atoms with Gasteiger partial charge < -0.3 is 19.9 Å². The predicted molar refractivity (Wildman–Crippen MR) is 144 cm³/mol. The predicted octanol–water partition coefficient (Wildman–Crippen LogP) is 3.86. The molecule has 37 heavy (non-hydrogen) atoms. The van der Waals surface area contributed by atoms with E-state index in [0.29, 0.717) is 19.7 Å². The maximum absolute atomic E-state index is 13.7. The van der Waals surface area contributed by atoms with Crippen LogP contribution in [0.15, 0.2) is 72.8 Å². The second-order valence-electron chi connectivity index (χ2n) is 10.0. The number of benzene rings is 3. The number of nitrogens with zero attached hydrogens (tertiary/aromatic N) is 3. The molecule has 3 aromatic rings. The molecule has 0 aromatic heterocycles. The minimum absolute atomic E-state index is 0.0128. The fourth-order valence-corrected chi connectivity index (χ4v) is 5.65. The van der Waals surface area contributed by atoms with Crippen molar-refractivity contribution >= 4 is 23.2 Å². The lowest BCUT2D eigenvalue weighted by Gasteiger charge is -2.36. The normalized spacial score (nSPS) is 19.8. The first-order valence-corrected chi connectivity index (χ1v) is 13.1. The zero-order valence-electron chi connectivity index (χ0n) is 20.9. The van der Waals surface area contributed by atoms with E-state index in [1.807, 2.05) is 35.2 Å². The van der Waals surface area contributed by atoms with Gasteiger partial charge in [-0.3, -0.25) is 14.5 Å². The standard InChI is InChI=1S/C30H32N4O3/c35-29-19-26(25-8-4-5-9-27(25)31-29)30(36)34-16-17-37-28-11-10-22(18-23(28)21-34)20-32-12-14-33(15-13-32)24-6-2-1-3-7-24/h1-11,18,26H,12-17,19-21H2,(H,31,35)/t26-/m1/s1. The number of hydrogen-bond acceptors (Lipinski definition) is 5. The number of carbonyl (C=O) groups excluding carboxylic acids is 2. The van der Waals surface area contributed by atoms with Gasteiger partial charge in [0.15, 0.2) is 0 Å². The third kappa shape index (κ3) is 5.04. The molecule has 1 N–H and O–H groups in total. The van der Waals surface area contributed by atoms with Gasteiger partial charge in [-0.05, 0) is 41.5 Å². The highest BCUT2D eigenvalue weighted by atomic mass is 16.5. The van der Waals surface area contributed by atoms with Crippen LogP contribution in [-0.2, 0) is 22.7 Å². The molecule has 0 aliphatic carbocycles. The first kappa shape index (κ1) is 23.6. The molecule has 7 heteroatoms. The van der Waals surface area contributed by atoms with Gasteiger partial charge in [-0.2, -0.15) is 0 Å². The number of para-hydroxylation sites is 2. The summed E-state index contributed by atoms with van der Waals surface area (Å²) in [6.45, 7) is 6.36. The number of piperazine rings is 1. The highest BCUT2D eigenvalue weighted by molar-refractivity contribution is 6.01. The third-order valence-corrected chi connectivity index (χ3v) is 7.61. The Morgan fingerprint density at radius 2 is 1.70 bits per heavy atom. The molecule has 7 nitrogen and oxygen atoms in total. The number of fused-ring (bicyclic) bond motifs is 2. The van der Waals surface area contributed by atoms with Crippen LogP contribution >= 0.6 is 0 Å². The molecule has 0 radical (unpaired) electrons.